The van der Waals surface area contributed by atoms with Crippen LogP contribution in [-0.4, -0.2) is 30.2 Å². The van der Waals surface area contributed by atoms with E-state index in [4.69, 9.17) is 9.47 Å². The highest BCUT2D eigenvalue weighted by Gasteiger charge is 2.37. The van der Waals surface area contributed by atoms with Gasteiger partial charge in [0.05, 0.1) is 22.4 Å². The van der Waals surface area contributed by atoms with Crippen molar-refractivity contribution in [3.63, 3.8) is 0 Å². The smallest absolute Gasteiger partial charge is 0.338 e. The Morgan fingerprint density at radius 2 is 1.34 bits per heavy atom. The number of hydrogen-bond donors (Lipinski definition) is 0. The summed E-state index contributed by atoms with van der Waals surface area (Å²) in [6.07, 6.45) is 1.02. The second-order valence-electron chi connectivity index (χ2n) is 10.4. The summed E-state index contributed by atoms with van der Waals surface area (Å²) < 4.78 is 11.1. The molecule has 0 radical (unpaired) electrons. The number of amides is 2. The van der Waals surface area contributed by atoms with Crippen LogP contribution in [0.25, 0.3) is 0 Å². The number of esters is 1. The van der Waals surface area contributed by atoms with Gasteiger partial charge in [-0.3, -0.25) is 14.4 Å². The maximum atomic E-state index is 13.2. The van der Waals surface area contributed by atoms with Crippen molar-refractivity contribution < 1.29 is 28.7 Å². The molecule has 0 aliphatic carbocycles. The number of carbonyl (C=O) groups is 4. The Kier molecular flexibility index (Phi) is 7.53. The summed E-state index contributed by atoms with van der Waals surface area (Å²) in [5.41, 5.74) is 2.46. The summed E-state index contributed by atoms with van der Waals surface area (Å²) >= 11 is 0. The normalized spacial score (nSPS) is 12.7. The van der Waals surface area contributed by atoms with Gasteiger partial charge in [-0.1, -0.05) is 63.2 Å². The Morgan fingerprint density at radius 3 is 1.98 bits per heavy atom. The van der Waals surface area contributed by atoms with Gasteiger partial charge >= 0.3 is 5.97 Å². The number of carbonyl (C=O) groups excluding carboxylic acids is 4. The number of anilines is 1. The van der Waals surface area contributed by atoms with E-state index in [1.165, 1.54) is 23.8 Å². The minimum Gasteiger partial charge on any atom is -0.457 e. The van der Waals surface area contributed by atoms with Gasteiger partial charge in [-0.05, 0) is 72.0 Å². The highest BCUT2D eigenvalue weighted by Crippen LogP contribution is 2.33. The first-order chi connectivity index (χ1) is 19.7. The van der Waals surface area contributed by atoms with Crippen LogP contribution in [0.4, 0.5) is 5.69 Å². The van der Waals surface area contributed by atoms with Crippen molar-refractivity contribution in [3.05, 3.63) is 125 Å². The second kappa shape index (κ2) is 11.2. The van der Waals surface area contributed by atoms with Crippen LogP contribution in [0.3, 0.4) is 0 Å². The number of hydrogen-bond acceptors (Lipinski definition) is 6. The number of fused-ring (bicyclic) bond motifs is 1. The van der Waals surface area contributed by atoms with Crippen LogP contribution in [0.5, 0.6) is 11.5 Å². The monoisotopic (exact) mass is 547 g/mol. The summed E-state index contributed by atoms with van der Waals surface area (Å²) in [6, 6.07) is 27.2. The van der Waals surface area contributed by atoms with Crippen molar-refractivity contribution in [2.45, 2.75) is 32.6 Å². The number of benzene rings is 4. The van der Waals surface area contributed by atoms with E-state index in [0.29, 0.717) is 22.7 Å². The van der Waals surface area contributed by atoms with Gasteiger partial charge in [0.2, 0.25) is 0 Å². The molecule has 0 atom stereocenters. The fourth-order valence-corrected chi connectivity index (χ4v) is 4.50. The minimum absolute atomic E-state index is 0.0738. The molecule has 0 fully saturated rings. The lowest BCUT2D eigenvalue weighted by molar-refractivity contribution is 0.0474. The Labute approximate surface area is 238 Å². The van der Waals surface area contributed by atoms with E-state index in [9.17, 15) is 19.2 Å². The van der Waals surface area contributed by atoms with Crippen molar-refractivity contribution in [3.8, 4) is 11.5 Å². The Hall–Kier alpha value is -5.04. The minimum atomic E-state index is -0.761. The molecule has 0 aromatic heterocycles. The van der Waals surface area contributed by atoms with Crippen LogP contribution < -0.4 is 9.64 Å². The predicted molar refractivity (Wildman–Crippen MR) is 155 cm³/mol. The number of rotatable bonds is 9. The largest absolute Gasteiger partial charge is 0.457 e. The van der Waals surface area contributed by atoms with Gasteiger partial charge in [-0.25, -0.2) is 9.69 Å². The molecule has 1 heterocycles. The van der Waals surface area contributed by atoms with Gasteiger partial charge in [-0.2, -0.15) is 0 Å². The fourth-order valence-electron chi connectivity index (χ4n) is 4.50. The first-order valence-corrected chi connectivity index (χ1v) is 13.3. The Bertz CT molecular complexity index is 1620. The van der Waals surface area contributed by atoms with E-state index < -0.39 is 24.4 Å². The quantitative estimate of drug-likeness (QED) is 0.127. The zero-order valence-corrected chi connectivity index (χ0v) is 23.0. The van der Waals surface area contributed by atoms with Crippen LogP contribution in [0.15, 0.2) is 97.1 Å². The molecule has 5 rings (SSSR count). The molecule has 0 saturated heterocycles. The number of ketones is 1. The van der Waals surface area contributed by atoms with Gasteiger partial charge in [0, 0.05) is 5.56 Å². The van der Waals surface area contributed by atoms with Crippen LogP contribution in [0, 0.1) is 0 Å². The highest BCUT2D eigenvalue weighted by atomic mass is 16.5. The first kappa shape index (κ1) is 27.5. The molecule has 1 aliphatic heterocycles. The summed E-state index contributed by atoms with van der Waals surface area (Å²) in [6.45, 7) is 6.12. The number of imide groups is 1. The van der Waals surface area contributed by atoms with Gasteiger partial charge in [0.15, 0.2) is 12.4 Å². The average Bonchev–Trinajstić information content (AvgIpc) is 3.25. The van der Waals surface area contributed by atoms with Crippen LogP contribution in [0.1, 0.15) is 74.2 Å². The third-order valence-corrected chi connectivity index (χ3v) is 7.40. The number of ether oxygens (including phenoxy) is 2. The lowest BCUT2D eigenvalue weighted by Gasteiger charge is -2.23. The molecular formula is C34H29NO6. The lowest BCUT2D eigenvalue weighted by atomic mass is 9.82. The Morgan fingerprint density at radius 1 is 0.732 bits per heavy atom. The molecule has 4 aromatic rings. The molecule has 4 aromatic carbocycles. The summed E-state index contributed by atoms with van der Waals surface area (Å²) in [5.74, 6) is -0.914. The number of nitrogens with zero attached hydrogens (tertiary/aromatic N) is 1. The van der Waals surface area contributed by atoms with Crippen molar-refractivity contribution in [1.82, 2.24) is 0 Å². The molecule has 0 saturated carbocycles. The molecule has 1 aliphatic rings. The molecule has 2 amide bonds. The Balaban J connectivity index is 1.26. The third-order valence-electron chi connectivity index (χ3n) is 7.40. The van der Waals surface area contributed by atoms with E-state index in [1.54, 1.807) is 54.6 Å². The zero-order chi connectivity index (χ0) is 29.1. The van der Waals surface area contributed by atoms with Crippen molar-refractivity contribution in [2.24, 2.45) is 0 Å². The van der Waals surface area contributed by atoms with Crippen LogP contribution in [0.2, 0.25) is 0 Å². The fraction of sp³-hybridized carbons (Fsp3) is 0.176. The topological polar surface area (TPSA) is 90.0 Å². The van der Waals surface area contributed by atoms with E-state index in [0.717, 1.165) is 11.3 Å². The van der Waals surface area contributed by atoms with Crippen LogP contribution >= 0.6 is 0 Å². The molecule has 0 unspecified atom stereocenters. The summed E-state index contributed by atoms with van der Waals surface area (Å²) in [5, 5.41) is 0. The predicted octanol–water partition coefficient (Wildman–Crippen LogP) is 7.01. The molecule has 206 valence electrons. The summed E-state index contributed by atoms with van der Waals surface area (Å²) in [4.78, 5) is 52.2. The van der Waals surface area contributed by atoms with Gasteiger partial charge in [0.25, 0.3) is 11.8 Å². The van der Waals surface area contributed by atoms with E-state index in [2.05, 4.69) is 32.9 Å². The standard InChI is InChI=1S/C34H29NO6/c1-4-34(2,3)24-11-15-26(16-12-24)41-27-17-13-25(14-18-27)35-31(37)28-19-10-23(20-29(28)32(35)38)33(39)40-21-30(36)22-8-6-5-7-9-22/h5-20H,4,21H2,1-3H3. The van der Waals surface area contributed by atoms with E-state index >= 15 is 0 Å². The second-order valence-corrected chi connectivity index (χ2v) is 10.4. The molecule has 7 heteroatoms. The first-order valence-electron chi connectivity index (χ1n) is 13.3. The van der Waals surface area contributed by atoms with E-state index in [1.807, 2.05) is 12.1 Å². The molecule has 0 bridgehead atoms. The van der Waals surface area contributed by atoms with Crippen LogP contribution in [-0.2, 0) is 10.2 Å². The average molecular weight is 548 g/mol. The molecule has 0 N–H and O–H groups in total. The molecule has 41 heavy (non-hydrogen) atoms. The highest BCUT2D eigenvalue weighted by molar-refractivity contribution is 6.34. The lowest BCUT2D eigenvalue weighted by Crippen LogP contribution is -2.29. The molecule has 7 nitrogen and oxygen atoms in total. The van der Waals surface area contributed by atoms with Gasteiger partial charge < -0.3 is 9.47 Å². The molecule has 0 spiro atoms. The maximum absolute atomic E-state index is 13.2. The third kappa shape index (κ3) is 5.65. The maximum Gasteiger partial charge on any atom is 0.338 e. The SMILES string of the molecule is CCC(C)(C)c1ccc(Oc2ccc(N3C(=O)c4ccc(C(=O)OCC(=O)c5ccccc5)cc4C3=O)cc2)cc1. The molecular weight excluding hydrogens is 518 g/mol. The number of Topliss-reactive ketones (excluding diaryl/α,β-unsaturated/α-hetero) is 1. The van der Waals surface area contributed by atoms with Crippen molar-refractivity contribution in [2.75, 3.05) is 11.5 Å². The van der Waals surface area contributed by atoms with Crippen molar-refractivity contribution in [1.29, 1.82) is 0 Å². The summed E-state index contributed by atoms with van der Waals surface area (Å²) in [7, 11) is 0. The van der Waals surface area contributed by atoms with Crippen molar-refractivity contribution >= 4 is 29.3 Å². The van der Waals surface area contributed by atoms with Gasteiger partial charge in [-0.15, -0.1) is 0 Å². The zero-order valence-electron chi connectivity index (χ0n) is 23.0. The van der Waals surface area contributed by atoms with Gasteiger partial charge in [0.1, 0.15) is 11.5 Å². The van der Waals surface area contributed by atoms with E-state index in [-0.39, 0.29) is 27.9 Å².